The molecule has 0 spiro atoms. The maximum Gasteiger partial charge on any atom is 0.413 e. The zero-order valence-corrected chi connectivity index (χ0v) is 13.1. The fourth-order valence-electron chi connectivity index (χ4n) is 1.89. The van der Waals surface area contributed by atoms with Crippen LogP contribution >= 0.6 is 12.2 Å². The second-order valence-corrected chi connectivity index (χ2v) is 5.93. The highest BCUT2D eigenvalue weighted by Crippen LogP contribution is 2.06. The number of ether oxygens (including phenoxy) is 1. The largest absolute Gasteiger partial charge is 0.449 e. The van der Waals surface area contributed by atoms with Gasteiger partial charge in [0.2, 0.25) is 0 Å². The smallest absolute Gasteiger partial charge is 0.413 e. The molecule has 1 N–H and O–H groups in total. The third-order valence-electron chi connectivity index (χ3n) is 3.09. The first-order valence-corrected chi connectivity index (χ1v) is 7.27. The number of hydrogen-bond donors (Lipinski definition) is 1. The van der Waals surface area contributed by atoms with Crippen molar-refractivity contribution >= 4 is 23.4 Å². The molecule has 0 unspecified atom stereocenters. The Morgan fingerprint density at radius 2 is 1.79 bits per heavy atom. The number of amides is 1. The molecule has 19 heavy (non-hydrogen) atoms. The quantitative estimate of drug-likeness (QED) is 0.800. The predicted molar refractivity (Wildman–Crippen MR) is 80.2 cm³/mol. The Bertz CT molecular complexity index is 313. The van der Waals surface area contributed by atoms with Gasteiger partial charge in [0.1, 0.15) is 0 Å². The third-order valence-corrected chi connectivity index (χ3v) is 3.45. The fourth-order valence-corrected chi connectivity index (χ4v) is 2.15. The Balaban J connectivity index is 2.29. The van der Waals surface area contributed by atoms with Crippen molar-refractivity contribution < 1.29 is 9.53 Å². The molecule has 0 radical (unpaired) electrons. The summed E-state index contributed by atoms with van der Waals surface area (Å²) in [6.45, 7) is 12.4. The number of alkyl carbamates (subject to hydrolysis) is 1. The van der Waals surface area contributed by atoms with Crippen molar-refractivity contribution in [2.75, 3.05) is 32.8 Å². The molecule has 1 aliphatic heterocycles. The van der Waals surface area contributed by atoms with Crippen molar-refractivity contribution in [2.45, 2.75) is 33.7 Å². The van der Waals surface area contributed by atoms with Gasteiger partial charge < -0.3 is 9.64 Å². The number of piperazine rings is 1. The molecular formula is C13H25N3O2S. The lowest BCUT2D eigenvalue weighted by Gasteiger charge is -2.37. The minimum Gasteiger partial charge on any atom is -0.449 e. The summed E-state index contributed by atoms with van der Waals surface area (Å²) in [6.07, 6.45) is -0.454. The van der Waals surface area contributed by atoms with E-state index in [0.29, 0.717) is 23.7 Å². The number of nitrogens with one attached hydrogen (secondary N) is 1. The molecule has 0 saturated carbocycles. The van der Waals surface area contributed by atoms with Crippen molar-refractivity contribution in [3.05, 3.63) is 0 Å². The van der Waals surface area contributed by atoms with Crippen molar-refractivity contribution in [3.63, 3.8) is 0 Å². The highest BCUT2D eigenvalue weighted by Gasteiger charge is 2.21. The molecule has 0 aliphatic carbocycles. The maximum absolute atomic E-state index is 11.5. The van der Waals surface area contributed by atoms with Crippen LogP contribution in [-0.2, 0) is 4.74 Å². The summed E-state index contributed by atoms with van der Waals surface area (Å²) in [5, 5.41) is 3.10. The summed E-state index contributed by atoms with van der Waals surface area (Å²) in [6, 6.07) is 0.555. The topological polar surface area (TPSA) is 44.8 Å². The van der Waals surface area contributed by atoms with Gasteiger partial charge >= 0.3 is 6.09 Å². The number of carbonyl (C=O) groups is 1. The summed E-state index contributed by atoms with van der Waals surface area (Å²) >= 11 is 5.23. The van der Waals surface area contributed by atoms with Gasteiger partial charge in [0, 0.05) is 32.2 Å². The van der Waals surface area contributed by atoms with Gasteiger partial charge in [-0.15, -0.1) is 0 Å². The van der Waals surface area contributed by atoms with Crippen LogP contribution in [0.1, 0.15) is 27.7 Å². The van der Waals surface area contributed by atoms with E-state index < -0.39 is 6.09 Å². The number of carbonyl (C=O) groups excluding carboxylic acids is 1. The van der Waals surface area contributed by atoms with Gasteiger partial charge in [0.25, 0.3) is 0 Å². The first-order chi connectivity index (χ1) is 8.90. The zero-order valence-electron chi connectivity index (χ0n) is 12.3. The monoisotopic (exact) mass is 287 g/mol. The normalized spacial score (nSPS) is 16.8. The van der Waals surface area contributed by atoms with Gasteiger partial charge in [-0.05, 0) is 32.0 Å². The Kier molecular flexibility index (Phi) is 6.51. The molecule has 0 atom stereocenters. The molecule has 6 heteroatoms. The number of thiocarbonyl (C=S) groups is 1. The van der Waals surface area contributed by atoms with Gasteiger partial charge in [-0.1, -0.05) is 13.8 Å². The van der Waals surface area contributed by atoms with Crippen molar-refractivity contribution in [1.29, 1.82) is 0 Å². The van der Waals surface area contributed by atoms with E-state index in [-0.39, 0.29) is 0 Å². The van der Waals surface area contributed by atoms with Crippen molar-refractivity contribution in [3.8, 4) is 0 Å². The van der Waals surface area contributed by atoms with Crippen LogP contribution in [-0.4, -0.2) is 59.8 Å². The summed E-state index contributed by atoms with van der Waals surface area (Å²) in [5.74, 6) is 0.328. The van der Waals surface area contributed by atoms with Crippen LogP contribution in [0.5, 0.6) is 0 Å². The lowest BCUT2D eigenvalue weighted by Crippen LogP contribution is -2.54. The molecule has 1 heterocycles. The van der Waals surface area contributed by atoms with Crippen molar-refractivity contribution in [1.82, 2.24) is 15.1 Å². The first kappa shape index (κ1) is 16.2. The number of hydrogen-bond acceptors (Lipinski definition) is 4. The van der Waals surface area contributed by atoms with E-state index in [9.17, 15) is 4.79 Å². The molecule has 1 rings (SSSR count). The second kappa shape index (κ2) is 7.65. The van der Waals surface area contributed by atoms with E-state index in [4.69, 9.17) is 17.0 Å². The van der Waals surface area contributed by atoms with Crippen molar-refractivity contribution in [2.24, 2.45) is 5.92 Å². The summed E-state index contributed by atoms with van der Waals surface area (Å²) in [5.41, 5.74) is 0. The van der Waals surface area contributed by atoms with Crippen LogP contribution in [0.3, 0.4) is 0 Å². The van der Waals surface area contributed by atoms with Gasteiger partial charge in [0.05, 0.1) is 6.61 Å². The van der Waals surface area contributed by atoms with Gasteiger partial charge in [-0.3, -0.25) is 10.2 Å². The van der Waals surface area contributed by atoms with Gasteiger partial charge in [-0.2, -0.15) is 0 Å². The molecule has 1 amide bonds. The molecular weight excluding hydrogens is 262 g/mol. The molecule has 0 aromatic rings. The SMILES string of the molecule is CC(C)COC(=O)NC(=S)N1CCN(C(C)C)CC1. The van der Waals surface area contributed by atoms with Crippen LogP contribution < -0.4 is 5.32 Å². The molecule has 110 valence electrons. The molecule has 1 fully saturated rings. The average Bonchev–Trinajstić information content (AvgIpc) is 2.36. The van der Waals surface area contributed by atoms with E-state index >= 15 is 0 Å². The minimum absolute atomic E-state index is 0.328. The third kappa shape index (κ3) is 5.74. The zero-order chi connectivity index (χ0) is 14.4. The maximum atomic E-state index is 11.5. The highest BCUT2D eigenvalue weighted by atomic mass is 32.1. The molecule has 1 aliphatic rings. The van der Waals surface area contributed by atoms with Crippen LogP contribution in [0.15, 0.2) is 0 Å². The Hall–Kier alpha value is -0.880. The number of nitrogens with zero attached hydrogens (tertiary/aromatic N) is 2. The van der Waals surface area contributed by atoms with Gasteiger partial charge in [0.15, 0.2) is 5.11 Å². The molecule has 0 aromatic heterocycles. The lowest BCUT2D eigenvalue weighted by atomic mass is 10.2. The van der Waals surface area contributed by atoms with E-state index in [1.807, 2.05) is 18.7 Å². The van der Waals surface area contributed by atoms with Crippen LogP contribution in [0.4, 0.5) is 4.79 Å². The molecule has 1 saturated heterocycles. The number of rotatable bonds is 3. The van der Waals surface area contributed by atoms with Crippen LogP contribution in [0.2, 0.25) is 0 Å². The Morgan fingerprint density at radius 1 is 1.21 bits per heavy atom. The van der Waals surface area contributed by atoms with E-state index in [0.717, 1.165) is 26.2 Å². The van der Waals surface area contributed by atoms with E-state index in [1.54, 1.807) is 0 Å². The average molecular weight is 287 g/mol. The van der Waals surface area contributed by atoms with E-state index in [1.165, 1.54) is 0 Å². The summed E-state index contributed by atoms with van der Waals surface area (Å²) in [4.78, 5) is 15.9. The minimum atomic E-state index is -0.454. The van der Waals surface area contributed by atoms with Crippen LogP contribution in [0, 0.1) is 5.92 Å². The first-order valence-electron chi connectivity index (χ1n) is 6.87. The fraction of sp³-hybridized carbons (Fsp3) is 0.846. The second-order valence-electron chi connectivity index (χ2n) is 5.54. The summed E-state index contributed by atoms with van der Waals surface area (Å²) in [7, 11) is 0. The van der Waals surface area contributed by atoms with Gasteiger partial charge in [-0.25, -0.2) is 4.79 Å². The highest BCUT2D eigenvalue weighted by molar-refractivity contribution is 7.80. The summed E-state index contributed by atoms with van der Waals surface area (Å²) < 4.78 is 5.05. The van der Waals surface area contributed by atoms with Crippen LogP contribution in [0.25, 0.3) is 0 Å². The molecule has 5 nitrogen and oxygen atoms in total. The Morgan fingerprint density at radius 3 is 2.26 bits per heavy atom. The predicted octanol–water partition coefficient (Wildman–Crippen LogP) is 1.68. The van der Waals surface area contributed by atoms with E-state index in [2.05, 4.69) is 24.1 Å². The standard InChI is InChI=1S/C13H25N3O2S/c1-10(2)9-18-13(17)14-12(19)16-7-5-15(6-8-16)11(3)4/h10-11H,5-9H2,1-4H3,(H,14,17,19). The lowest BCUT2D eigenvalue weighted by molar-refractivity contribution is 0.132. The molecule has 0 bridgehead atoms. The molecule has 0 aromatic carbocycles. The Labute approximate surface area is 121 Å².